The van der Waals surface area contributed by atoms with Crippen LogP contribution in [0.2, 0.25) is 0 Å². The van der Waals surface area contributed by atoms with Crippen LogP contribution < -0.4 is 4.74 Å². The second-order valence-corrected chi connectivity index (χ2v) is 5.81. The molecule has 1 aliphatic rings. The molecule has 0 bridgehead atoms. The third-order valence-electron chi connectivity index (χ3n) is 3.88. The van der Waals surface area contributed by atoms with Crippen molar-refractivity contribution in [3.05, 3.63) is 64.7 Å². The monoisotopic (exact) mass is 306 g/mol. The van der Waals surface area contributed by atoms with Gasteiger partial charge in [0, 0.05) is 24.0 Å². The number of carbonyl (C=O) groups is 1. The van der Waals surface area contributed by atoms with Gasteiger partial charge in [0.1, 0.15) is 11.9 Å². The summed E-state index contributed by atoms with van der Waals surface area (Å²) in [7, 11) is 0. The molecule has 1 aliphatic heterocycles. The number of hydrogen-bond acceptors (Lipinski definition) is 2. The molecule has 0 fully saturated rings. The van der Waals surface area contributed by atoms with Crippen molar-refractivity contribution in [3.8, 4) is 17.6 Å². The number of aryl methyl sites for hydroxylation is 1. The van der Waals surface area contributed by atoms with Crippen molar-refractivity contribution in [3.63, 3.8) is 0 Å². The quantitative estimate of drug-likeness (QED) is 0.882. The summed E-state index contributed by atoms with van der Waals surface area (Å²) in [5, 5.41) is 8.76. The maximum atomic E-state index is 10.7. The van der Waals surface area contributed by atoms with Crippen LogP contribution in [0.4, 0.5) is 0 Å². The molecule has 0 radical (unpaired) electrons. The third-order valence-corrected chi connectivity index (χ3v) is 3.88. The van der Waals surface area contributed by atoms with Crippen molar-refractivity contribution in [2.24, 2.45) is 0 Å². The van der Waals surface area contributed by atoms with E-state index in [4.69, 9.17) is 9.84 Å². The highest BCUT2D eigenvalue weighted by atomic mass is 16.5. The summed E-state index contributed by atoms with van der Waals surface area (Å²) in [6.07, 6.45) is 1.39. The van der Waals surface area contributed by atoms with Gasteiger partial charge in [-0.25, -0.2) is 0 Å². The molecule has 1 heterocycles. The first-order chi connectivity index (χ1) is 11.1. The van der Waals surface area contributed by atoms with E-state index in [0.29, 0.717) is 6.42 Å². The second kappa shape index (κ2) is 6.58. The van der Waals surface area contributed by atoms with Crippen LogP contribution in [0.15, 0.2) is 42.5 Å². The minimum Gasteiger partial charge on any atom is -0.490 e. The van der Waals surface area contributed by atoms with Crippen molar-refractivity contribution in [1.29, 1.82) is 0 Å². The summed E-state index contributed by atoms with van der Waals surface area (Å²) in [6.45, 7) is 2.05. The molecule has 1 N–H and O–H groups in total. The van der Waals surface area contributed by atoms with Crippen LogP contribution in [0.1, 0.15) is 35.1 Å². The van der Waals surface area contributed by atoms with E-state index in [1.807, 2.05) is 42.5 Å². The zero-order valence-electron chi connectivity index (χ0n) is 13.0. The smallest absolute Gasteiger partial charge is 0.303 e. The maximum absolute atomic E-state index is 10.7. The summed E-state index contributed by atoms with van der Waals surface area (Å²) < 4.78 is 5.78. The predicted molar refractivity (Wildman–Crippen MR) is 88.6 cm³/mol. The van der Waals surface area contributed by atoms with Gasteiger partial charge in [-0.2, -0.15) is 0 Å². The molecule has 3 heteroatoms. The molecule has 116 valence electrons. The highest BCUT2D eigenvalue weighted by Crippen LogP contribution is 2.31. The van der Waals surface area contributed by atoms with E-state index in [0.717, 1.165) is 28.9 Å². The largest absolute Gasteiger partial charge is 0.490 e. The average Bonchev–Trinajstić information content (AvgIpc) is 2.94. The van der Waals surface area contributed by atoms with Gasteiger partial charge in [-0.15, -0.1) is 0 Å². The van der Waals surface area contributed by atoms with Gasteiger partial charge >= 0.3 is 5.97 Å². The Balaban J connectivity index is 1.70. The van der Waals surface area contributed by atoms with Crippen LogP contribution in [0, 0.1) is 18.8 Å². The molecular weight excluding hydrogens is 288 g/mol. The minimum absolute atomic E-state index is 0.0404. The molecule has 3 nitrogen and oxygen atoms in total. The van der Waals surface area contributed by atoms with E-state index < -0.39 is 5.97 Å². The molecule has 2 aromatic rings. The van der Waals surface area contributed by atoms with Gasteiger partial charge < -0.3 is 9.84 Å². The van der Waals surface area contributed by atoms with E-state index in [2.05, 4.69) is 18.8 Å². The molecule has 23 heavy (non-hydrogen) atoms. The number of fused-ring (bicyclic) bond motifs is 1. The van der Waals surface area contributed by atoms with Crippen molar-refractivity contribution < 1.29 is 14.6 Å². The lowest BCUT2D eigenvalue weighted by Crippen LogP contribution is -2.14. The Hall–Kier alpha value is -2.73. The molecule has 3 rings (SSSR count). The Morgan fingerprint density at radius 3 is 2.61 bits per heavy atom. The van der Waals surface area contributed by atoms with E-state index in [1.165, 1.54) is 5.56 Å². The van der Waals surface area contributed by atoms with Crippen LogP contribution in [0.3, 0.4) is 0 Å². The van der Waals surface area contributed by atoms with Gasteiger partial charge in [-0.05, 0) is 49.2 Å². The number of carboxylic acids is 1. The molecule has 0 aliphatic carbocycles. The number of carboxylic acid groups (broad SMARTS) is 1. The third kappa shape index (κ3) is 3.92. The zero-order valence-corrected chi connectivity index (χ0v) is 13.0. The normalized spacial score (nSPS) is 15.3. The fraction of sp³-hybridized carbons (Fsp3) is 0.250. The Labute approximate surface area is 135 Å². The molecule has 0 spiro atoms. The van der Waals surface area contributed by atoms with Crippen LogP contribution in [0.25, 0.3) is 0 Å². The van der Waals surface area contributed by atoms with E-state index in [-0.39, 0.29) is 12.5 Å². The molecule has 0 saturated heterocycles. The molecule has 2 aromatic carbocycles. The lowest BCUT2D eigenvalue weighted by Gasteiger charge is -2.07. The Kier molecular flexibility index (Phi) is 4.34. The molecular formula is C20H18O3. The van der Waals surface area contributed by atoms with Crippen molar-refractivity contribution in [1.82, 2.24) is 0 Å². The number of ether oxygens (including phenoxy) is 1. The number of hydrogen-bond donors (Lipinski definition) is 1. The van der Waals surface area contributed by atoms with Gasteiger partial charge in [-0.3, -0.25) is 4.79 Å². The molecule has 0 aromatic heterocycles. The summed E-state index contributed by atoms with van der Waals surface area (Å²) in [6, 6.07) is 14.0. The second-order valence-electron chi connectivity index (χ2n) is 5.81. The molecule has 1 unspecified atom stereocenters. The minimum atomic E-state index is -0.783. The standard InChI is InChI=1S/C20H18O3/c1-14-2-4-15(5-3-14)6-7-16-8-10-19-17(12-16)13-18(23-19)9-11-20(21)22/h2-5,8,10,12,18H,9,11,13H2,1H3,(H,21,22). The van der Waals surface area contributed by atoms with Crippen molar-refractivity contribution in [2.75, 3.05) is 0 Å². The van der Waals surface area contributed by atoms with Gasteiger partial charge in [0.05, 0.1) is 0 Å². The lowest BCUT2D eigenvalue weighted by atomic mass is 10.0. The van der Waals surface area contributed by atoms with E-state index >= 15 is 0 Å². The summed E-state index contributed by atoms with van der Waals surface area (Å²) in [5.41, 5.74) is 4.27. The Morgan fingerprint density at radius 2 is 1.87 bits per heavy atom. The van der Waals surface area contributed by atoms with Crippen LogP contribution in [0.5, 0.6) is 5.75 Å². The summed E-state index contributed by atoms with van der Waals surface area (Å²) in [4.78, 5) is 10.7. The van der Waals surface area contributed by atoms with Crippen molar-refractivity contribution >= 4 is 5.97 Å². The number of benzene rings is 2. The van der Waals surface area contributed by atoms with Crippen LogP contribution in [-0.2, 0) is 11.2 Å². The fourth-order valence-electron chi connectivity index (χ4n) is 2.62. The zero-order chi connectivity index (χ0) is 16.2. The number of rotatable bonds is 3. The summed E-state index contributed by atoms with van der Waals surface area (Å²) in [5.74, 6) is 6.40. The fourth-order valence-corrected chi connectivity index (χ4v) is 2.62. The van der Waals surface area contributed by atoms with Gasteiger partial charge in [0.2, 0.25) is 0 Å². The highest BCUT2D eigenvalue weighted by Gasteiger charge is 2.23. The predicted octanol–water partition coefficient (Wildman–Crippen LogP) is 3.56. The Morgan fingerprint density at radius 1 is 1.17 bits per heavy atom. The average molecular weight is 306 g/mol. The van der Waals surface area contributed by atoms with Crippen LogP contribution in [-0.4, -0.2) is 17.2 Å². The Bertz CT molecular complexity index is 779. The highest BCUT2D eigenvalue weighted by molar-refractivity contribution is 5.66. The molecule has 0 amide bonds. The lowest BCUT2D eigenvalue weighted by molar-refractivity contribution is -0.137. The van der Waals surface area contributed by atoms with E-state index in [1.54, 1.807) is 0 Å². The molecule has 1 atom stereocenters. The maximum Gasteiger partial charge on any atom is 0.303 e. The number of aliphatic carboxylic acids is 1. The SMILES string of the molecule is Cc1ccc(C#Cc2ccc3c(c2)CC(CCC(=O)O)O3)cc1. The first kappa shape index (κ1) is 15.2. The topological polar surface area (TPSA) is 46.5 Å². The van der Waals surface area contributed by atoms with Crippen LogP contribution >= 0.6 is 0 Å². The molecule has 0 saturated carbocycles. The first-order valence-electron chi connectivity index (χ1n) is 7.70. The van der Waals surface area contributed by atoms with Crippen molar-refractivity contribution in [2.45, 2.75) is 32.3 Å². The van der Waals surface area contributed by atoms with Gasteiger partial charge in [0.25, 0.3) is 0 Å². The van der Waals surface area contributed by atoms with Gasteiger partial charge in [0.15, 0.2) is 0 Å². The first-order valence-corrected chi connectivity index (χ1v) is 7.70. The van der Waals surface area contributed by atoms with E-state index in [9.17, 15) is 4.79 Å². The summed E-state index contributed by atoms with van der Waals surface area (Å²) >= 11 is 0. The van der Waals surface area contributed by atoms with Gasteiger partial charge in [-0.1, -0.05) is 29.5 Å².